The van der Waals surface area contributed by atoms with Gasteiger partial charge in [-0.25, -0.2) is 9.78 Å². The van der Waals surface area contributed by atoms with Crippen molar-refractivity contribution in [3.63, 3.8) is 0 Å². The number of methoxy groups -OCH3 is 1. The van der Waals surface area contributed by atoms with Gasteiger partial charge >= 0.3 is 6.09 Å². The lowest BCUT2D eigenvalue weighted by Gasteiger charge is -2.33. The zero-order valence-electron chi connectivity index (χ0n) is 16.1. The number of fused-ring (bicyclic) bond motifs is 1. The Morgan fingerprint density at radius 2 is 1.96 bits per heavy atom. The highest BCUT2D eigenvalue weighted by molar-refractivity contribution is 5.85. The molecule has 27 heavy (non-hydrogen) atoms. The lowest BCUT2D eigenvalue weighted by atomic mass is 10.1. The number of nitrogens with one attached hydrogen (secondary N) is 1. The number of hydrogen-bond donors (Lipinski definition) is 1. The molecule has 146 valence electrons. The highest BCUT2D eigenvalue weighted by Crippen LogP contribution is 2.30. The second-order valence-corrected chi connectivity index (χ2v) is 7.54. The Kier molecular flexibility index (Phi) is 5.25. The highest BCUT2D eigenvalue weighted by atomic mass is 16.6. The van der Waals surface area contributed by atoms with Crippen LogP contribution in [0.4, 0.5) is 4.79 Å². The smallest absolute Gasteiger partial charge is 0.410 e. The first kappa shape index (κ1) is 19.0. The molecule has 2 aromatic rings. The molecule has 0 atom stereocenters. The molecule has 1 aliphatic heterocycles. The molecule has 3 rings (SSSR count). The predicted octanol–water partition coefficient (Wildman–Crippen LogP) is 2.71. The van der Waals surface area contributed by atoms with E-state index in [0.717, 1.165) is 0 Å². The first-order valence-electron chi connectivity index (χ1n) is 8.97. The summed E-state index contributed by atoms with van der Waals surface area (Å²) in [4.78, 5) is 32.9. The maximum absolute atomic E-state index is 12.2. The number of aromatic nitrogens is 2. The molecule has 1 saturated heterocycles. The van der Waals surface area contributed by atoms with E-state index in [1.807, 2.05) is 20.8 Å². The third kappa shape index (κ3) is 4.50. The second kappa shape index (κ2) is 7.46. The fourth-order valence-corrected chi connectivity index (χ4v) is 3.01. The van der Waals surface area contributed by atoms with Gasteiger partial charge in [-0.2, -0.15) is 0 Å². The maximum Gasteiger partial charge on any atom is 0.410 e. The minimum atomic E-state index is -0.516. The van der Waals surface area contributed by atoms with Crippen LogP contribution in [-0.4, -0.2) is 52.9 Å². The number of amides is 1. The van der Waals surface area contributed by atoms with Crippen molar-refractivity contribution < 1.29 is 19.0 Å². The van der Waals surface area contributed by atoms with E-state index >= 15 is 0 Å². The topological polar surface area (TPSA) is 93.7 Å². The Morgan fingerprint density at radius 3 is 2.59 bits per heavy atom. The summed E-state index contributed by atoms with van der Waals surface area (Å²) in [5.74, 6) is 1.01. The summed E-state index contributed by atoms with van der Waals surface area (Å²) in [7, 11) is 1.55. The number of carbonyl (C=O) groups excluding carboxylic acids is 1. The molecule has 0 aliphatic carbocycles. The highest BCUT2D eigenvalue weighted by Gasteiger charge is 2.28. The Morgan fingerprint density at radius 1 is 1.26 bits per heavy atom. The average Bonchev–Trinajstić information content (AvgIpc) is 2.60. The molecule has 0 unspecified atom stereocenters. The Balaban J connectivity index is 1.72. The van der Waals surface area contributed by atoms with Gasteiger partial charge in [0.25, 0.3) is 5.56 Å². The number of rotatable bonds is 3. The fourth-order valence-electron chi connectivity index (χ4n) is 3.01. The number of nitrogens with zero attached hydrogens (tertiary/aromatic N) is 2. The number of carbonyl (C=O) groups is 1. The van der Waals surface area contributed by atoms with Crippen LogP contribution in [0.3, 0.4) is 0 Å². The SMILES string of the molecule is COc1cc(OC2CCN(C(=O)OC(C)(C)C)CC2)c2c(=O)[nH]cnc2c1. The van der Waals surface area contributed by atoms with Gasteiger partial charge in [-0.1, -0.05) is 0 Å². The summed E-state index contributed by atoms with van der Waals surface area (Å²) in [5.41, 5.74) is -0.263. The van der Waals surface area contributed by atoms with Gasteiger partial charge in [-0.3, -0.25) is 4.79 Å². The van der Waals surface area contributed by atoms with Crippen molar-refractivity contribution in [1.82, 2.24) is 14.9 Å². The Hall–Kier alpha value is -2.77. The Bertz CT molecular complexity index is 879. The van der Waals surface area contributed by atoms with E-state index in [0.29, 0.717) is 48.3 Å². The minimum absolute atomic E-state index is 0.112. The van der Waals surface area contributed by atoms with Crippen molar-refractivity contribution in [2.24, 2.45) is 0 Å². The van der Waals surface area contributed by atoms with Gasteiger partial charge in [-0.05, 0) is 20.8 Å². The van der Waals surface area contributed by atoms with E-state index in [-0.39, 0.29) is 17.8 Å². The lowest BCUT2D eigenvalue weighted by molar-refractivity contribution is 0.0127. The van der Waals surface area contributed by atoms with Crippen LogP contribution in [0.2, 0.25) is 0 Å². The number of benzene rings is 1. The fraction of sp³-hybridized carbons (Fsp3) is 0.526. The van der Waals surface area contributed by atoms with Crippen molar-refractivity contribution in [3.05, 3.63) is 28.8 Å². The Labute approximate surface area is 157 Å². The molecule has 8 nitrogen and oxygen atoms in total. The monoisotopic (exact) mass is 375 g/mol. The molecule has 0 saturated carbocycles. The molecule has 1 N–H and O–H groups in total. The van der Waals surface area contributed by atoms with E-state index in [1.165, 1.54) is 6.33 Å². The molecule has 1 aromatic carbocycles. The summed E-state index contributed by atoms with van der Waals surface area (Å²) in [6, 6.07) is 3.39. The molecule has 1 aliphatic rings. The molecule has 0 radical (unpaired) electrons. The number of ether oxygens (including phenoxy) is 3. The first-order valence-corrected chi connectivity index (χ1v) is 8.97. The van der Waals surface area contributed by atoms with Crippen LogP contribution in [0.5, 0.6) is 11.5 Å². The van der Waals surface area contributed by atoms with E-state index in [2.05, 4.69) is 9.97 Å². The van der Waals surface area contributed by atoms with Crippen LogP contribution in [0.25, 0.3) is 10.9 Å². The summed E-state index contributed by atoms with van der Waals surface area (Å²) < 4.78 is 16.8. The lowest BCUT2D eigenvalue weighted by Crippen LogP contribution is -2.44. The van der Waals surface area contributed by atoms with Crippen LogP contribution in [0, 0.1) is 0 Å². The molecule has 1 aromatic heterocycles. The zero-order chi connectivity index (χ0) is 19.6. The molecule has 0 spiro atoms. The number of hydrogen-bond acceptors (Lipinski definition) is 6. The van der Waals surface area contributed by atoms with E-state index in [4.69, 9.17) is 14.2 Å². The summed E-state index contributed by atoms with van der Waals surface area (Å²) >= 11 is 0. The largest absolute Gasteiger partial charge is 0.497 e. The van der Waals surface area contributed by atoms with Crippen molar-refractivity contribution >= 4 is 17.0 Å². The zero-order valence-corrected chi connectivity index (χ0v) is 16.1. The third-order valence-corrected chi connectivity index (χ3v) is 4.30. The first-order chi connectivity index (χ1) is 12.8. The van der Waals surface area contributed by atoms with Gasteiger partial charge in [-0.15, -0.1) is 0 Å². The third-order valence-electron chi connectivity index (χ3n) is 4.30. The summed E-state index contributed by atoms with van der Waals surface area (Å²) in [6.45, 7) is 6.62. The van der Waals surface area contributed by atoms with E-state index < -0.39 is 5.60 Å². The molecule has 1 amide bonds. The maximum atomic E-state index is 12.2. The van der Waals surface area contributed by atoms with Crippen molar-refractivity contribution in [3.8, 4) is 11.5 Å². The van der Waals surface area contributed by atoms with Gasteiger partial charge in [0.05, 0.1) is 19.0 Å². The standard InChI is InChI=1S/C19H25N3O5/c1-19(2,3)27-18(24)22-7-5-12(6-8-22)26-15-10-13(25-4)9-14-16(15)17(23)21-11-20-14/h9-12H,5-8H2,1-4H3,(H,20,21,23). The van der Waals surface area contributed by atoms with Crippen molar-refractivity contribution in [2.45, 2.75) is 45.3 Å². The summed E-state index contributed by atoms with van der Waals surface area (Å²) in [6.07, 6.45) is 2.23. The molecular weight excluding hydrogens is 350 g/mol. The minimum Gasteiger partial charge on any atom is -0.497 e. The van der Waals surface area contributed by atoms with Crippen molar-refractivity contribution in [2.75, 3.05) is 20.2 Å². The molecule has 8 heteroatoms. The quantitative estimate of drug-likeness (QED) is 0.886. The van der Waals surface area contributed by atoms with Crippen LogP contribution in [0.1, 0.15) is 33.6 Å². The van der Waals surface area contributed by atoms with Gasteiger partial charge < -0.3 is 24.1 Å². The van der Waals surface area contributed by atoms with Gasteiger partial charge in [0.15, 0.2) is 0 Å². The van der Waals surface area contributed by atoms with Gasteiger partial charge in [0, 0.05) is 38.1 Å². The van der Waals surface area contributed by atoms with Crippen LogP contribution in [-0.2, 0) is 4.74 Å². The average molecular weight is 375 g/mol. The number of aromatic amines is 1. The van der Waals surface area contributed by atoms with Crippen LogP contribution < -0.4 is 15.0 Å². The van der Waals surface area contributed by atoms with Gasteiger partial charge in [0.1, 0.15) is 28.6 Å². The summed E-state index contributed by atoms with van der Waals surface area (Å²) in [5, 5.41) is 0.396. The van der Waals surface area contributed by atoms with Crippen molar-refractivity contribution in [1.29, 1.82) is 0 Å². The van der Waals surface area contributed by atoms with E-state index in [9.17, 15) is 9.59 Å². The number of piperidine rings is 1. The van der Waals surface area contributed by atoms with Crippen LogP contribution in [0.15, 0.2) is 23.3 Å². The molecule has 0 bridgehead atoms. The van der Waals surface area contributed by atoms with Gasteiger partial charge in [0.2, 0.25) is 0 Å². The number of H-pyrrole nitrogens is 1. The predicted molar refractivity (Wildman–Crippen MR) is 100 cm³/mol. The molecule has 1 fully saturated rings. The molecular formula is C19H25N3O5. The van der Waals surface area contributed by atoms with E-state index in [1.54, 1.807) is 24.1 Å². The molecule has 2 heterocycles. The van der Waals surface area contributed by atoms with Crippen LogP contribution >= 0.6 is 0 Å². The number of likely N-dealkylation sites (tertiary alicyclic amines) is 1. The second-order valence-electron chi connectivity index (χ2n) is 7.54. The normalized spacial score (nSPS) is 15.6.